The van der Waals surface area contributed by atoms with E-state index in [-0.39, 0.29) is 82.0 Å². The van der Waals surface area contributed by atoms with Crippen molar-refractivity contribution in [2.75, 3.05) is 59.0 Å². The Morgan fingerprint density at radius 2 is 1.71 bits per heavy atom. The van der Waals surface area contributed by atoms with Crippen molar-refractivity contribution in [3.05, 3.63) is 98.5 Å². The number of piperazine rings is 1. The van der Waals surface area contributed by atoms with Gasteiger partial charge < -0.3 is 30.3 Å². The van der Waals surface area contributed by atoms with Crippen molar-refractivity contribution in [2.24, 2.45) is 5.10 Å². The summed E-state index contributed by atoms with van der Waals surface area (Å²) in [7, 11) is 0. The van der Waals surface area contributed by atoms with E-state index in [1.807, 2.05) is 31.2 Å². The number of nitrogens with zero attached hydrogens (tertiary/aromatic N) is 4. The molecule has 17 heteroatoms. The quantitative estimate of drug-likeness (QED) is 0.0732. The number of hydrogen-bond acceptors (Lipinski definition) is 9. The van der Waals surface area contributed by atoms with Crippen molar-refractivity contribution >= 4 is 65.2 Å². The number of rotatable bonds is 16. The lowest BCUT2D eigenvalue weighted by molar-refractivity contribution is -0.131. The van der Waals surface area contributed by atoms with Crippen molar-refractivity contribution < 1.29 is 38.2 Å². The molecule has 0 radical (unpaired) electrons. The van der Waals surface area contributed by atoms with E-state index in [4.69, 9.17) is 4.74 Å². The highest BCUT2D eigenvalue weighted by atomic mass is 79.9. The second-order valence-electron chi connectivity index (χ2n) is 11.2. The minimum absolute atomic E-state index is 0. The Balaban J connectivity index is 0.00000702. The molecule has 0 atom stereocenters. The molecule has 0 bridgehead atoms. The van der Waals surface area contributed by atoms with Gasteiger partial charge in [0.05, 0.1) is 36.6 Å². The van der Waals surface area contributed by atoms with Crippen molar-refractivity contribution in [1.29, 1.82) is 0 Å². The normalized spacial score (nSPS) is 12.9. The molecule has 0 unspecified atom stereocenters. The maximum absolute atomic E-state index is 14.9. The predicted octanol–water partition coefficient (Wildman–Crippen LogP) is 2.12. The lowest BCUT2D eigenvalue weighted by Gasteiger charge is -2.35. The van der Waals surface area contributed by atoms with E-state index in [0.29, 0.717) is 41.8 Å². The smallest absolute Gasteiger partial charge is 0.338 e. The maximum atomic E-state index is 14.9. The van der Waals surface area contributed by atoms with E-state index in [2.05, 4.69) is 42.1 Å². The second-order valence-corrected chi connectivity index (χ2v) is 12.1. The number of carbonyl (C=O) groups excluding carboxylic acids is 4. The third-order valence-electron chi connectivity index (χ3n) is 7.79. The highest BCUT2D eigenvalue weighted by Gasteiger charge is 2.26. The molecular weight excluding hydrogens is 749 g/mol. The van der Waals surface area contributed by atoms with Crippen LogP contribution in [0.4, 0.5) is 4.39 Å². The average molecular weight is 789 g/mol. The summed E-state index contributed by atoms with van der Waals surface area (Å²) in [6, 6.07) is 13.2. The number of halogens is 2. The summed E-state index contributed by atoms with van der Waals surface area (Å²) in [5, 5.41) is 19.0. The van der Waals surface area contributed by atoms with Crippen molar-refractivity contribution in [3.8, 4) is 0 Å². The summed E-state index contributed by atoms with van der Waals surface area (Å²) < 4.78 is 20.8. The van der Waals surface area contributed by atoms with Crippen LogP contribution >= 0.6 is 29.4 Å². The molecule has 4 N–H and O–H groups in total. The topological polar surface area (TPSA) is 183 Å². The molecule has 1 saturated heterocycles. The third kappa shape index (κ3) is 11.7. The molecule has 1 fully saturated rings. The fourth-order valence-corrected chi connectivity index (χ4v) is 5.55. The van der Waals surface area contributed by atoms with Crippen molar-refractivity contribution in [2.45, 2.75) is 13.3 Å². The van der Waals surface area contributed by atoms with Gasteiger partial charge in [-0.25, -0.2) is 19.6 Å². The number of nitrogens with one attached hydrogen (secondary N) is 3. The minimum Gasteiger partial charge on any atom is -0.478 e. The summed E-state index contributed by atoms with van der Waals surface area (Å²) in [6.45, 7) is 3.97. The summed E-state index contributed by atoms with van der Waals surface area (Å²) in [6.07, 6.45) is 2.05. The first-order valence-electron chi connectivity index (χ1n) is 15.7. The van der Waals surface area contributed by atoms with Gasteiger partial charge in [-0.1, -0.05) is 30.3 Å². The molecule has 4 amide bonds. The number of carbonyl (C=O) groups is 5. The van der Waals surface area contributed by atoms with Crippen LogP contribution in [0.1, 0.15) is 47.9 Å². The highest BCUT2D eigenvalue weighted by molar-refractivity contribution is 9.10. The number of pyridine rings is 1. The first-order chi connectivity index (χ1) is 24.1. The molecule has 0 saturated carbocycles. The van der Waals surface area contributed by atoms with Crippen LogP contribution < -0.4 is 16.1 Å². The summed E-state index contributed by atoms with van der Waals surface area (Å²) >= 11 is 3.13. The van der Waals surface area contributed by atoms with E-state index in [0.717, 1.165) is 11.1 Å². The fraction of sp³-hybridized carbons (Fsp3) is 0.324. The Hall–Kier alpha value is -4.71. The van der Waals surface area contributed by atoms with Crippen LogP contribution in [-0.2, 0) is 20.7 Å². The first-order valence-corrected chi connectivity index (χ1v) is 16.5. The number of aromatic carboxylic acids is 1. The van der Waals surface area contributed by atoms with Crippen LogP contribution in [0.15, 0.2) is 64.3 Å². The van der Waals surface area contributed by atoms with E-state index in [9.17, 15) is 33.5 Å². The van der Waals surface area contributed by atoms with E-state index in [1.54, 1.807) is 11.0 Å². The number of ether oxygens (including phenoxy) is 1. The molecule has 1 aromatic heterocycles. The summed E-state index contributed by atoms with van der Waals surface area (Å²) in [5.74, 6) is -3.18. The number of hydrogen-bond donors (Lipinski definition) is 4. The zero-order valence-corrected chi connectivity index (χ0v) is 30.4. The van der Waals surface area contributed by atoms with Crippen LogP contribution in [0, 0.1) is 12.7 Å². The Morgan fingerprint density at radius 3 is 2.41 bits per heavy atom. The van der Waals surface area contributed by atoms with Gasteiger partial charge in [0.1, 0.15) is 11.5 Å². The number of aryl methyl sites for hydroxylation is 1. The summed E-state index contributed by atoms with van der Waals surface area (Å²) in [5.41, 5.74) is 4.80. The summed E-state index contributed by atoms with van der Waals surface area (Å²) in [4.78, 5) is 67.7. The lowest BCUT2D eigenvalue weighted by Crippen LogP contribution is -2.52. The van der Waals surface area contributed by atoms with Gasteiger partial charge in [-0.2, -0.15) is 18.6 Å². The predicted molar refractivity (Wildman–Crippen MR) is 195 cm³/mol. The van der Waals surface area contributed by atoms with Gasteiger partial charge >= 0.3 is 5.97 Å². The Bertz CT molecular complexity index is 1760. The SMILES string of the molecule is Cc1ccccc1/C(Cc1ccc(F)c(C(=O)N2CCN(C(=O)CNCCOCCNC(=O)c3ncc(Br)cc3C(=O)O)CC2)c1)=N\NC=O.S. The highest BCUT2D eigenvalue weighted by Crippen LogP contribution is 2.19. The van der Waals surface area contributed by atoms with Crippen LogP contribution in [0.25, 0.3) is 0 Å². The van der Waals surface area contributed by atoms with Crippen molar-refractivity contribution in [3.63, 3.8) is 0 Å². The van der Waals surface area contributed by atoms with Gasteiger partial charge in [-0.05, 0) is 52.2 Å². The van der Waals surface area contributed by atoms with Gasteiger partial charge in [0.15, 0.2) is 0 Å². The molecule has 272 valence electrons. The van der Waals surface area contributed by atoms with Gasteiger partial charge in [-0.15, -0.1) is 0 Å². The van der Waals surface area contributed by atoms with E-state index < -0.39 is 23.6 Å². The van der Waals surface area contributed by atoms with Gasteiger partial charge in [0, 0.05) is 61.9 Å². The molecule has 1 aliphatic heterocycles. The van der Waals surface area contributed by atoms with Crippen LogP contribution in [0.3, 0.4) is 0 Å². The molecule has 2 heterocycles. The maximum Gasteiger partial charge on any atom is 0.338 e. The number of carboxylic acids is 1. The average Bonchev–Trinajstić information content (AvgIpc) is 3.11. The molecule has 2 aromatic carbocycles. The Labute approximate surface area is 309 Å². The number of aromatic nitrogens is 1. The number of benzene rings is 2. The number of hydrazone groups is 1. The van der Waals surface area contributed by atoms with Crippen LogP contribution in [-0.4, -0.2) is 115 Å². The molecular formula is C34H39BrFN7O7S. The number of carboxylic acid groups (broad SMARTS) is 1. The molecule has 3 aromatic rings. The van der Waals surface area contributed by atoms with Crippen molar-refractivity contribution in [1.82, 2.24) is 30.8 Å². The molecule has 14 nitrogen and oxygen atoms in total. The zero-order chi connectivity index (χ0) is 36.0. The standard InChI is InChI=1S/C34H37BrFN7O7.H2S/c1-22-4-2-3-5-25(22)29(41-40-21-44)17-23-6-7-28(36)26(16-23)33(47)43-12-10-42(11-13-43)30(45)20-37-8-14-50-15-9-38-32(46)31-27(34(48)49)18-24(35)19-39-31;/h2-7,16,18-19,21,37H,8-15,17,20H2,1H3,(H,38,46)(H,40,44)(H,48,49);1H2/b41-29-;. The van der Waals surface area contributed by atoms with E-state index >= 15 is 0 Å². The second kappa shape index (κ2) is 20.2. The van der Waals surface area contributed by atoms with Gasteiger partial charge in [0.25, 0.3) is 11.8 Å². The monoisotopic (exact) mass is 787 g/mol. The lowest BCUT2D eigenvalue weighted by atomic mass is 9.97. The molecule has 51 heavy (non-hydrogen) atoms. The largest absolute Gasteiger partial charge is 0.478 e. The molecule has 4 rings (SSSR count). The first kappa shape index (κ1) is 40.7. The van der Waals surface area contributed by atoms with Crippen LogP contribution in [0.5, 0.6) is 0 Å². The fourth-order valence-electron chi connectivity index (χ4n) is 5.22. The van der Waals surface area contributed by atoms with Crippen LogP contribution in [0.2, 0.25) is 0 Å². The minimum atomic E-state index is -1.27. The van der Waals surface area contributed by atoms with Gasteiger partial charge in [-0.3, -0.25) is 19.2 Å². The van der Waals surface area contributed by atoms with Gasteiger partial charge in [0.2, 0.25) is 12.3 Å². The third-order valence-corrected chi connectivity index (χ3v) is 8.23. The molecule has 0 aliphatic carbocycles. The Morgan fingerprint density at radius 1 is 1.00 bits per heavy atom. The molecule has 1 aliphatic rings. The molecule has 0 spiro atoms. The Kier molecular flexibility index (Phi) is 16.1. The van der Waals surface area contributed by atoms with E-state index in [1.165, 1.54) is 29.3 Å². The zero-order valence-electron chi connectivity index (χ0n) is 27.8. The number of amides is 4.